The minimum absolute atomic E-state index is 0.0502. The lowest BCUT2D eigenvalue weighted by Crippen LogP contribution is -2.26. The van der Waals surface area contributed by atoms with Crippen molar-refractivity contribution in [2.24, 2.45) is 0 Å². The van der Waals surface area contributed by atoms with E-state index in [4.69, 9.17) is 15.6 Å². The van der Waals surface area contributed by atoms with Crippen LogP contribution >= 0.6 is 0 Å². The first kappa shape index (κ1) is 20.3. The maximum atomic E-state index is 9.51. The molecule has 156 valence electrons. The van der Waals surface area contributed by atoms with Crippen molar-refractivity contribution >= 4 is 28.7 Å². The smallest absolute Gasteiger partial charge is 0.229 e. The third-order valence-electron chi connectivity index (χ3n) is 5.29. The summed E-state index contributed by atoms with van der Waals surface area (Å²) in [5, 5.41) is 26.3. The monoisotopic (exact) mass is 413 g/mol. The Kier molecular flexibility index (Phi) is 5.51. The standard InChI is InChI=1S/C24H23N5O2/c1-28(19-5-3-4-18(13-19)17-7-9-20(31-2)10-8-17)23-21-11-6-16(14-30)12-22(21)29(15-25)24(26)27-23/h3-13,15,25-26,30H,14H2,1-2H3. The summed E-state index contributed by atoms with van der Waals surface area (Å²) in [6, 6.07) is 21.5. The number of aliphatic hydroxyl groups is 1. The van der Waals surface area contributed by atoms with Crippen LogP contribution in [0.25, 0.3) is 22.0 Å². The quantitative estimate of drug-likeness (QED) is 0.330. The van der Waals surface area contributed by atoms with E-state index in [0.717, 1.165) is 34.3 Å². The van der Waals surface area contributed by atoms with Gasteiger partial charge in [0.1, 0.15) is 11.6 Å². The van der Waals surface area contributed by atoms with E-state index in [1.165, 1.54) is 4.57 Å². The largest absolute Gasteiger partial charge is 0.497 e. The van der Waals surface area contributed by atoms with Crippen LogP contribution in [0, 0.1) is 10.8 Å². The van der Waals surface area contributed by atoms with Crippen molar-refractivity contribution < 1.29 is 9.84 Å². The molecule has 1 aromatic heterocycles. The average molecular weight is 413 g/mol. The Morgan fingerprint density at radius 2 is 1.84 bits per heavy atom. The van der Waals surface area contributed by atoms with Gasteiger partial charge in [-0.05, 0) is 53.1 Å². The SMILES string of the molecule is COc1ccc(-c2cccc(N(C)c3nc(=N)n(C=N)c4cc(CO)ccc34)c2)cc1. The van der Waals surface area contributed by atoms with E-state index >= 15 is 0 Å². The minimum atomic E-state index is -0.112. The van der Waals surface area contributed by atoms with Crippen molar-refractivity contribution in [2.75, 3.05) is 19.1 Å². The molecule has 3 aromatic carbocycles. The van der Waals surface area contributed by atoms with Gasteiger partial charge in [0.25, 0.3) is 0 Å². The fraction of sp³-hybridized carbons (Fsp3) is 0.125. The number of rotatable bonds is 6. The molecule has 0 unspecified atom stereocenters. The van der Waals surface area contributed by atoms with Gasteiger partial charge in [-0.3, -0.25) is 15.4 Å². The van der Waals surface area contributed by atoms with Crippen LogP contribution in [0.2, 0.25) is 0 Å². The highest BCUT2D eigenvalue weighted by Gasteiger charge is 2.14. The lowest BCUT2D eigenvalue weighted by atomic mass is 10.0. The van der Waals surface area contributed by atoms with Gasteiger partial charge >= 0.3 is 0 Å². The van der Waals surface area contributed by atoms with Crippen molar-refractivity contribution in [1.82, 2.24) is 9.55 Å². The Labute approximate surface area is 179 Å². The van der Waals surface area contributed by atoms with Gasteiger partial charge in [0.15, 0.2) is 0 Å². The molecule has 0 aliphatic heterocycles. The summed E-state index contributed by atoms with van der Waals surface area (Å²) >= 11 is 0. The summed E-state index contributed by atoms with van der Waals surface area (Å²) in [6.45, 7) is -0.112. The number of methoxy groups -OCH3 is 1. The number of aromatic nitrogens is 2. The number of hydrogen-bond donors (Lipinski definition) is 3. The van der Waals surface area contributed by atoms with Gasteiger partial charge in [-0.25, -0.2) is 0 Å². The van der Waals surface area contributed by atoms with Gasteiger partial charge in [0.05, 0.1) is 25.6 Å². The summed E-state index contributed by atoms with van der Waals surface area (Å²) < 4.78 is 6.63. The van der Waals surface area contributed by atoms with E-state index in [-0.39, 0.29) is 12.2 Å². The summed E-state index contributed by atoms with van der Waals surface area (Å²) in [4.78, 5) is 6.39. The second-order valence-corrected chi connectivity index (χ2v) is 7.11. The zero-order valence-electron chi connectivity index (χ0n) is 17.3. The molecule has 7 nitrogen and oxygen atoms in total. The van der Waals surface area contributed by atoms with Gasteiger partial charge in [-0.2, -0.15) is 4.98 Å². The van der Waals surface area contributed by atoms with Gasteiger partial charge in [0.2, 0.25) is 5.62 Å². The highest BCUT2D eigenvalue weighted by atomic mass is 16.5. The summed E-state index contributed by atoms with van der Waals surface area (Å²) in [6.07, 6.45) is 1.06. The maximum absolute atomic E-state index is 9.51. The zero-order chi connectivity index (χ0) is 22.0. The third kappa shape index (κ3) is 3.78. The molecular weight excluding hydrogens is 390 g/mol. The van der Waals surface area contributed by atoms with Gasteiger partial charge in [-0.15, -0.1) is 0 Å². The first-order valence-corrected chi connectivity index (χ1v) is 9.75. The fourth-order valence-corrected chi connectivity index (χ4v) is 3.58. The van der Waals surface area contributed by atoms with Crippen molar-refractivity contribution in [2.45, 2.75) is 6.61 Å². The van der Waals surface area contributed by atoms with Crippen molar-refractivity contribution in [1.29, 1.82) is 10.8 Å². The van der Waals surface area contributed by atoms with Gasteiger partial charge in [-0.1, -0.05) is 30.3 Å². The summed E-state index contributed by atoms with van der Waals surface area (Å²) in [5.41, 5.74) is 4.34. The molecule has 0 atom stereocenters. The van der Waals surface area contributed by atoms with E-state index in [9.17, 15) is 5.11 Å². The second-order valence-electron chi connectivity index (χ2n) is 7.11. The second kappa shape index (κ2) is 8.41. The molecule has 0 spiro atoms. The first-order valence-electron chi connectivity index (χ1n) is 9.75. The Morgan fingerprint density at radius 1 is 1.06 bits per heavy atom. The number of fused-ring (bicyclic) bond motifs is 1. The molecule has 31 heavy (non-hydrogen) atoms. The lowest BCUT2D eigenvalue weighted by Gasteiger charge is -2.22. The molecule has 0 saturated heterocycles. The normalized spacial score (nSPS) is 10.8. The summed E-state index contributed by atoms with van der Waals surface area (Å²) in [7, 11) is 3.55. The van der Waals surface area contributed by atoms with Crippen LogP contribution in [-0.2, 0) is 6.61 Å². The molecule has 4 aromatic rings. The highest BCUT2D eigenvalue weighted by Crippen LogP contribution is 2.31. The summed E-state index contributed by atoms with van der Waals surface area (Å²) in [5.74, 6) is 1.41. The molecule has 3 N–H and O–H groups in total. The Hall–Kier alpha value is -3.97. The van der Waals surface area contributed by atoms with E-state index in [1.807, 2.05) is 66.5 Å². The molecule has 0 radical (unpaired) electrons. The van der Waals surface area contributed by atoms with E-state index in [2.05, 4.69) is 11.1 Å². The van der Waals surface area contributed by atoms with Crippen LogP contribution in [0.15, 0.2) is 66.7 Å². The molecule has 0 aliphatic carbocycles. The van der Waals surface area contributed by atoms with Gasteiger partial charge < -0.3 is 14.7 Å². The van der Waals surface area contributed by atoms with Crippen LogP contribution in [0.3, 0.4) is 0 Å². The van der Waals surface area contributed by atoms with Crippen LogP contribution in [-0.4, -0.2) is 35.2 Å². The molecule has 7 heteroatoms. The molecular formula is C24H23N5O2. The number of aliphatic hydroxyl groups excluding tert-OH is 1. The van der Waals surface area contributed by atoms with Crippen molar-refractivity contribution in [3.05, 3.63) is 77.9 Å². The molecule has 1 heterocycles. The van der Waals surface area contributed by atoms with Crippen molar-refractivity contribution in [3.63, 3.8) is 0 Å². The molecule has 4 rings (SSSR count). The Morgan fingerprint density at radius 3 is 2.52 bits per heavy atom. The zero-order valence-corrected chi connectivity index (χ0v) is 17.3. The van der Waals surface area contributed by atoms with Crippen LogP contribution < -0.4 is 15.3 Å². The molecule has 0 amide bonds. The minimum Gasteiger partial charge on any atom is -0.497 e. The molecule has 0 aliphatic rings. The number of anilines is 2. The Bertz CT molecular complexity index is 1310. The predicted octanol–water partition coefficient (Wildman–Crippen LogP) is 3.91. The third-order valence-corrected chi connectivity index (χ3v) is 5.29. The van der Waals surface area contributed by atoms with E-state index in [1.54, 1.807) is 13.2 Å². The van der Waals surface area contributed by atoms with Gasteiger partial charge in [0, 0.05) is 18.1 Å². The molecule has 0 saturated carbocycles. The van der Waals surface area contributed by atoms with Crippen LogP contribution in [0.1, 0.15) is 5.56 Å². The molecule has 0 fully saturated rings. The molecule has 0 bridgehead atoms. The Balaban J connectivity index is 1.82. The van der Waals surface area contributed by atoms with E-state index < -0.39 is 0 Å². The van der Waals surface area contributed by atoms with E-state index in [0.29, 0.717) is 16.9 Å². The number of hydrogen-bond acceptors (Lipinski definition) is 6. The average Bonchev–Trinajstić information content (AvgIpc) is 2.83. The predicted molar refractivity (Wildman–Crippen MR) is 122 cm³/mol. The number of benzene rings is 3. The lowest BCUT2D eigenvalue weighted by molar-refractivity contribution is 0.282. The topological polar surface area (TPSA) is 98.2 Å². The van der Waals surface area contributed by atoms with Crippen LogP contribution in [0.4, 0.5) is 11.5 Å². The number of ether oxygens (including phenoxy) is 1. The number of nitrogens with zero attached hydrogens (tertiary/aromatic N) is 3. The first-order chi connectivity index (χ1) is 15.0. The number of nitrogens with one attached hydrogen (secondary N) is 2. The van der Waals surface area contributed by atoms with Crippen molar-refractivity contribution in [3.8, 4) is 16.9 Å². The highest BCUT2D eigenvalue weighted by molar-refractivity contribution is 5.94. The fourth-order valence-electron chi connectivity index (χ4n) is 3.58. The maximum Gasteiger partial charge on any atom is 0.229 e. The van der Waals surface area contributed by atoms with Crippen LogP contribution in [0.5, 0.6) is 5.75 Å².